The van der Waals surface area contributed by atoms with Gasteiger partial charge in [0.15, 0.2) is 6.10 Å². The molecule has 0 aliphatic heterocycles. The summed E-state index contributed by atoms with van der Waals surface area (Å²) in [6, 6.07) is 0. The van der Waals surface area contributed by atoms with Crippen LogP contribution in [0.5, 0.6) is 0 Å². The Morgan fingerprint density at radius 3 is 1.33 bits per heavy atom. The first-order valence-corrected chi connectivity index (χ1v) is 24.5. The topological polar surface area (TPSA) is 108 Å². The van der Waals surface area contributed by atoms with Crippen molar-refractivity contribution in [1.82, 2.24) is 0 Å². The van der Waals surface area contributed by atoms with Crippen LogP contribution in [0, 0.1) is 0 Å². The zero-order valence-electron chi connectivity index (χ0n) is 36.7. The molecule has 2 unspecified atom stereocenters. The molecule has 0 aliphatic rings. The van der Waals surface area contributed by atoms with E-state index < -0.39 is 26.5 Å². The molecular formula is C48H85O8P. The molecule has 0 saturated carbocycles. The van der Waals surface area contributed by atoms with Crippen molar-refractivity contribution >= 4 is 19.8 Å². The lowest BCUT2D eigenvalue weighted by atomic mass is 10.1. The van der Waals surface area contributed by atoms with Crippen LogP contribution in [0.2, 0.25) is 0 Å². The minimum absolute atomic E-state index is 0.231. The van der Waals surface area contributed by atoms with Gasteiger partial charge in [-0.2, -0.15) is 0 Å². The number of phosphoric acid groups is 1. The highest BCUT2D eigenvalue weighted by Crippen LogP contribution is 2.42. The average Bonchev–Trinajstić information content (AvgIpc) is 3.20. The van der Waals surface area contributed by atoms with Gasteiger partial charge in [0.05, 0.1) is 6.61 Å². The number of carbonyl (C=O) groups excluding carboxylic acids is 2. The van der Waals surface area contributed by atoms with Crippen molar-refractivity contribution in [3.05, 3.63) is 60.8 Å². The highest BCUT2D eigenvalue weighted by molar-refractivity contribution is 7.47. The van der Waals surface area contributed by atoms with Crippen molar-refractivity contribution in [2.24, 2.45) is 0 Å². The fourth-order valence-electron chi connectivity index (χ4n) is 6.23. The highest BCUT2D eigenvalue weighted by atomic mass is 31.2. The van der Waals surface area contributed by atoms with Crippen molar-refractivity contribution in [3.8, 4) is 0 Å². The fraction of sp³-hybridized carbons (Fsp3) is 0.750. The van der Waals surface area contributed by atoms with Gasteiger partial charge in [0.2, 0.25) is 0 Å². The molecule has 0 radical (unpaired) electrons. The predicted octanol–water partition coefficient (Wildman–Crippen LogP) is 14.7. The van der Waals surface area contributed by atoms with E-state index in [1.54, 1.807) is 0 Å². The van der Waals surface area contributed by atoms with Gasteiger partial charge in [-0.3, -0.25) is 18.6 Å². The average molecular weight is 821 g/mol. The maximum absolute atomic E-state index is 12.5. The minimum atomic E-state index is -4.27. The molecule has 9 heteroatoms. The van der Waals surface area contributed by atoms with Crippen molar-refractivity contribution in [3.63, 3.8) is 0 Å². The van der Waals surface area contributed by atoms with E-state index in [1.165, 1.54) is 103 Å². The summed E-state index contributed by atoms with van der Waals surface area (Å²) >= 11 is 0. The number of unbranched alkanes of at least 4 members (excludes halogenated alkanes) is 21. The van der Waals surface area contributed by atoms with Gasteiger partial charge < -0.3 is 14.4 Å². The molecule has 0 rings (SSSR count). The molecule has 57 heavy (non-hydrogen) atoms. The Balaban J connectivity index is 3.97. The van der Waals surface area contributed by atoms with E-state index in [1.807, 2.05) is 0 Å². The van der Waals surface area contributed by atoms with Gasteiger partial charge in [0, 0.05) is 20.0 Å². The van der Waals surface area contributed by atoms with Gasteiger partial charge in [0.1, 0.15) is 6.61 Å². The van der Waals surface area contributed by atoms with Crippen LogP contribution in [0.4, 0.5) is 0 Å². The summed E-state index contributed by atoms with van der Waals surface area (Å²) < 4.78 is 32.0. The van der Waals surface area contributed by atoms with Crippen LogP contribution in [0.1, 0.15) is 206 Å². The molecular weight excluding hydrogens is 735 g/mol. The Morgan fingerprint density at radius 1 is 0.509 bits per heavy atom. The third kappa shape index (κ3) is 43.2. The first kappa shape index (κ1) is 54.8. The zero-order chi connectivity index (χ0) is 41.8. The first-order valence-electron chi connectivity index (χ1n) is 23.0. The van der Waals surface area contributed by atoms with E-state index in [9.17, 15) is 19.0 Å². The van der Waals surface area contributed by atoms with E-state index >= 15 is 0 Å². The van der Waals surface area contributed by atoms with Crippen molar-refractivity contribution < 1.29 is 37.6 Å². The predicted molar refractivity (Wildman–Crippen MR) is 239 cm³/mol. The van der Waals surface area contributed by atoms with Crippen LogP contribution in [0.25, 0.3) is 0 Å². The number of rotatable bonds is 42. The van der Waals surface area contributed by atoms with Crippen LogP contribution < -0.4 is 0 Å². The van der Waals surface area contributed by atoms with E-state index in [0.29, 0.717) is 6.42 Å². The number of carbonyl (C=O) groups is 2. The standard InChI is InChI=1S/C48H85O8P/c1-4-6-8-10-12-14-16-18-20-22-23-24-25-27-28-30-32-34-36-38-40-42-47(49)54-44-46(45-55-57(51,52)53-3)56-48(50)43-41-39-37-35-33-31-29-26-21-19-17-15-13-11-9-7-5-2/h7,9,13,15-16,18-19,21-23,46H,4-6,8,10-12,14,17,20,24-45H2,1-3H3,(H,51,52)/b9-7-,15-13-,18-16-,21-19-,23-22-. The summed E-state index contributed by atoms with van der Waals surface area (Å²) in [6.45, 7) is 3.77. The number of hydrogen-bond donors (Lipinski definition) is 1. The van der Waals surface area contributed by atoms with Gasteiger partial charge in [-0.15, -0.1) is 0 Å². The quantitative estimate of drug-likeness (QED) is 0.0281. The van der Waals surface area contributed by atoms with Crippen LogP contribution in [0.3, 0.4) is 0 Å². The van der Waals surface area contributed by atoms with E-state index in [2.05, 4.69) is 79.1 Å². The Hall–Kier alpha value is -2.25. The van der Waals surface area contributed by atoms with Crippen LogP contribution in [-0.4, -0.2) is 43.3 Å². The lowest BCUT2D eigenvalue weighted by Gasteiger charge is -2.19. The lowest BCUT2D eigenvalue weighted by Crippen LogP contribution is -2.29. The van der Waals surface area contributed by atoms with E-state index in [0.717, 1.165) is 77.7 Å². The molecule has 0 spiro atoms. The number of ether oxygens (including phenoxy) is 2. The maximum Gasteiger partial charge on any atom is 0.472 e. The van der Waals surface area contributed by atoms with Crippen molar-refractivity contribution in [1.29, 1.82) is 0 Å². The Kier molecular flexibility index (Phi) is 41.6. The molecule has 8 nitrogen and oxygen atoms in total. The minimum Gasteiger partial charge on any atom is -0.462 e. The molecule has 0 aromatic heterocycles. The Morgan fingerprint density at radius 2 is 0.895 bits per heavy atom. The van der Waals surface area contributed by atoms with Crippen LogP contribution in [0.15, 0.2) is 60.8 Å². The summed E-state index contributed by atoms with van der Waals surface area (Å²) in [7, 11) is -3.21. The molecule has 1 N–H and O–H groups in total. The second kappa shape index (κ2) is 43.3. The van der Waals surface area contributed by atoms with Crippen LogP contribution >= 0.6 is 7.82 Å². The fourth-order valence-corrected chi connectivity index (χ4v) is 6.69. The second-order valence-electron chi connectivity index (χ2n) is 15.2. The SMILES string of the molecule is CC/C=C\C/C=C\C/C=C\CCCCCCCCCC(=O)OC(COC(=O)CCCCCCCCCCC/C=C\C/C=C\CCCCCCC)COP(=O)(O)OC. The van der Waals surface area contributed by atoms with Crippen molar-refractivity contribution in [2.45, 2.75) is 213 Å². The highest BCUT2D eigenvalue weighted by Gasteiger charge is 2.24. The molecule has 0 amide bonds. The first-order chi connectivity index (χ1) is 27.8. The molecule has 330 valence electrons. The Labute approximate surface area is 350 Å². The van der Waals surface area contributed by atoms with Gasteiger partial charge in [-0.05, 0) is 77.0 Å². The smallest absolute Gasteiger partial charge is 0.462 e. The Bertz CT molecular complexity index is 1110. The number of esters is 2. The molecule has 0 saturated heterocycles. The summed E-state index contributed by atoms with van der Waals surface area (Å²) in [5, 5.41) is 0. The molecule has 0 fully saturated rings. The number of allylic oxidation sites excluding steroid dienone is 10. The lowest BCUT2D eigenvalue weighted by molar-refractivity contribution is -0.161. The third-order valence-electron chi connectivity index (χ3n) is 9.75. The molecule has 0 aliphatic carbocycles. The molecule has 0 aromatic carbocycles. The summed E-state index contributed by atoms with van der Waals surface area (Å²) in [4.78, 5) is 34.6. The number of hydrogen-bond acceptors (Lipinski definition) is 7. The summed E-state index contributed by atoms with van der Waals surface area (Å²) in [6.07, 6.45) is 54.1. The number of phosphoric ester groups is 1. The van der Waals surface area contributed by atoms with Gasteiger partial charge in [-0.1, -0.05) is 177 Å². The van der Waals surface area contributed by atoms with E-state index in [-0.39, 0.29) is 25.4 Å². The third-order valence-corrected chi connectivity index (χ3v) is 10.7. The molecule has 0 bridgehead atoms. The van der Waals surface area contributed by atoms with Crippen LogP contribution in [-0.2, 0) is 32.7 Å². The second-order valence-corrected chi connectivity index (χ2v) is 16.7. The van der Waals surface area contributed by atoms with Crippen molar-refractivity contribution in [2.75, 3.05) is 20.3 Å². The molecule has 0 heterocycles. The zero-order valence-corrected chi connectivity index (χ0v) is 37.6. The van der Waals surface area contributed by atoms with Gasteiger partial charge in [0.25, 0.3) is 0 Å². The normalized spacial score (nSPS) is 13.8. The molecule has 0 aromatic rings. The van der Waals surface area contributed by atoms with Gasteiger partial charge >= 0.3 is 19.8 Å². The largest absolute Gasteiger partial charge is 0.472 e. The van der Waals surface area contributed by atoms with Gasteiger partial charge in [-0.25, -0.2) is 4.57 Å². The summed E-state index contributed by atoms with van der Waals surface area (Å²) in [5.41, 5.74) is 0. The molecule has 2 atom stereocenters. The van der Waals surface area contributed by atoms with E-state index in [4.69, 9.17) is 14.0 Å². The maximum atomic E-state index is 12.5. The monoisotopic (exact) mass is 821 g/mol. The summed E-state index contributed by atoms with van der Waals surface area (Å²) in [5.74, 6) is -0.820.